The summed E-state index contributed by atoms with van der Waals surface area (Å²) in [7, 11) is 0. The molecule has 0 saturated heterocycles. The Kier molecular flexibility index (Phi) is 3.09. The standard InChI is InChI=1S/C13H17N3O2/c1-10-4-6-11(7-5-10)15-9-14-16(12(15)17)8-13(2,3)18/h4-7,9,18H,8H2,1-3H3. The van der Waals surface area contributed by atoms with E-state index in [-0.39, 0.29) is 12.2 Å². The van der Waals surface area contributed by atoms with E-state index in [2.05, 4.69) is 5.10 Å². The first-order valence-corrected chi connectivity index (χ1v) is 5.81. The van der Waals surface area contributed by atoms with Crippen LogP contribution in [-0.4, -0.2) is 25.1 Å². The third kappa shape index (κ3) is 2.68. The Morgan fingerprint density at radius 1 is 1.28 bits per heavy atom. The molecule has 0 aliphatic heterocycles. The number of hydrogen-bond donors (Lipinski definition) is 1. The van der Waals surface area contributed by atoms with E-state index < -0.39 is 5.60 Å². The zero-order valence-electron chi connectivity index (χ0n) is 10.8. The van der Waals surface area contributed by atoms with Gasteiger partial charge in [-0.3, -0.25) is 0 Å². The molecule has 0 unspecified atom stereocenters. The zero-order chi connectivity index (χ0) is 13.3. The van der Waals surface area contributed by atoms with Crippen molar-refractivity contribution in [2.45, 2.75) is 32.9 Å². The molecule has 5 heteroatoms. The minimum absolute atomic E-state index is 0.171. The van der Waals surface area contributed by atoms with Crippen molar-refractivity contribution in [2.24, 2.45) is 0 Å². The molecule has 0 radical (unpaired) electrons. The minimum atomic E-state index is -0.962. The van der Waals surface area contributed by atoms with Crippen LogP contribution < -0.4 is 5.69 Å². The van der Waals surface area contributed by atoms with Crippen LogP contribution in [-0.2, 0) is 6.54 Å². The fourth-order valence-corrected chi connectivity index (χ4v) is 1.69. The van der Waals surface area contributed by atoms with Gasteiger partial charge in [-0.1, -0.05) is 17.7 Å². The molecule has 0 amide bonds. The summed E-state index contributed by atoms with van der Waals surface area (Å²) in [4.78, 5) is 12.1. The first-order valence-electron chi connectivity index (χ1n) is 5.81. The molecule has 18 heavy (non-hydrogen) atoms. The first kappa shape index (κ1) is 12.6. The van der Waals surface area contributed by atoms with E-state index in [0.717, 1.165) is 11.3 Å². The zero-order valence-corrected chi connectivity index (χ0v) is 10.8. The van der Waals surface area contributed by atoms with Gasteiger partial charge in [0.25, 0.3) is 0 Å². The van der Waals surface area contributed by atoms with Gasteiger partial charge in [0.15, 0.2) is 0 Å². The van der Waals surface area contributed by atoms with Crippen molar-refractivity contribution in [3.63, 3.8) is 0 Å². The molecule has 0 atom stereocenters. The van der Waals surface area contributed by atoms with Crippen LogP contribution >= 0.6 is 0 Å². The van der Waals surface area contributed by atoms with E-state index in [1.165, 1.54) is 15.6 Å². The molecule has 0 saturated carbocycles. The van der Waals surface area contributed by atoms with Gasteiger partial charge in [0, 0.05) is 0 Å². The van der Waals surface area contributed by atoms with Gasteiger partial charge in [-0.05, 0) is 32.9 Å². The number of aliphatic hydroxyl groups is 1. The quantitative estimate of drug-likeness (QED) is 0.884. The topological polar surface area (TPSA) is 60.1 Å². The van der Waals surface area contributed by atoms with Gasteiger partial charge in [0.2, 0.25) is 0 Å². The largest absolute Gasteiger partial charge is 0.389 e. The minimum Gasteiger partial charge on any atom is -0.389 e. The first-order chi connectivity index (χ1) is 8.37. The Labute approximate surface area is 105 Å². The molecule has 1 aromatic carbocycles. The predicted molar refractivity (Wildman–Crippen MR) is 68.9 cm³/mol. The van der Waals surface area contributed by atoms with Crippen molar-refractivity contribution in [1.82, 2.24) is 14.3 Å². The highest BCUT2D eigenvalue weighted by Gasteiger charge is 2.17. The average Bonchev–Trinajstić information content (AvgIpc) is 2.60. The van der Waals surface area contributed by atoms with E-state index in [4.69, 9.17) is 0 Å². The van der Waals surface area contributed by atoms with Gasteiger partial charge in [0.1, 0.15) is 6.33 Å². The molecule has 0 aliphatic carbocycles. The maximum absolute atomic E-state index is 12.1. The lowest BCUT2D eigenvalue weighted by atomic mass is 10.1. The van der Waals surface area contributed by atoms with Crippen molar-refractivity contribution < 1.29 is 5.11 Å². The normalized spacial score (nSPS) is 11.8. The average molecular weight is 247 g/mol. The van der Waals surface area contributed by atoms with Crippen LogP contribution in [0.3, 0.4) is 0 Å². The molecule has 2 aromatic rings. The molecule has 0 fully saturated rings. The summed E-state index contributed by atoms with van der Waals surface area (Å²) in [6.07, 6.45) is 1.47. The summed E-state index contributed by atoms with van der Waals surface area (Å²) < 4.78 is 2.73. The summed E-state index contributed by atoms with van der Waals surface area (Å²) in [5.41, 5.74) is 0.695. The molecule has 5 nitrogen and oxygen atoms in total. The van der Waals surface area contributed by atoms with Crippen LogP contribution in [0.5, 0.6) is 0 Å². The second kappa shape index (κ2) is 4.42. The maximum Gasteiger partial charge on any atom is 0.350 e. The van der Waals surface area contributed by atoms with Gasteiger partial charge in [-0.2, -0.15) is 5.10 Å². The van der Waals surface area contributed by atoms with Crippen LogP contribution in [0.15, 0.2) is 35.4 Å². The van der Waals surface area contributed by atoms with E-state index in [0.29, 0.717) is 0 Å². The van der Waals surface area contributed by atoms with Crippen molar-refractivity contribution in [3.8, 4) is 5.69 Å². The van der Waals surface area contributed by atoms with Crippen molar-refractivity contribution in [2.75, 3.05) is 0 Å². The van der Waals surface area contributed by atoms with Crippen molar-refractivity contribution >= 4 is 0 Å². The molecule has 1 aromatic heterocycles. The molecule has 1 N–H and O–H groups in total. The Hall–Kier alpha value is -1.88. The molecular formula is C13H17N3O2. The van der Waals surface area contributed by atoms with Gasteiger partial charge < -0.3 is 5.11 Å². The summed E-state index contributed by atoms with van der Waals surface area (Å²) in [5.74, 6) is 0. The van der Waals surface area contributed by atoms with Crippen molar-refractivity contribution in [3.05, 3.63) is 46.6 Å². The second-order valence-electron chi connectivity index (χ2n) is 5.09. The van der Waals surface area contributed by atoms with E-state index in [1.54, 1.807) is 13.8 Å². The Bertz CT molecular complexity index is 588. The summed E-state index contributed by atoms with van der Waals surface area (Å²) in [5, 5.41) is 13.7. The molecule has 0 aliphatic rings. The lowest BCUT2D eigenvalue weighted by Gasteiger charge is -2.15. The highest BCUT2D eigenvalue weighted by Crippen LogP contribution is 2.07. The molecule has 0 spiro atoms. The lowest BCUT2D eigenvalue weighted by Crippen LogP contribution is -2.34. The number of aryl methyl sites for hydroxylation is 1. The van der Waals surface area contributed by atoms with E-state index in [1.807, 2.05) is 31.2 Å². The van der Waals surface area contributed by atoms with Gasteiger partial charge in [-0.25, -0.2) is 14.0 Å². The molecule has 96 valence electrons. The molecule has 0 bridgehead atoms. The highest BCUT2D eigenvalue weighted by molar-refractivity contribution is 5.33. The summed E-state index contributed by atoms with van der Waals surface area (Å²) in [6, 6.07) is 7.61. The van der Waals surface area contributed by atoms with Gasteiger partial charge in [0.05, 0.1) is 17.8 Å². The third-order valence-corrected chi connectivity index (χ3v) is 2.58. The predicted octanol–water partition coefficient (Wildman–Crippen LogP) is 1.11. The second-order valence-corrected chi connectivity index (χ2v) is 5.09. The van der Waals surface area contributed by atoms with Gasteiger partial charge in [-0.15, -0.1) is 0 Å². The molecule has 1 heterocycles. The Morgan fingerprint density at radius 2 is 1.89 bits per heavy atom. The summed E-state index contributed by atoms with van der Waals surface area (Å²) in [6.45, 7) is 5.45. The Balaban J connectivity index is 2.37. The van der Waals surface area contributed by atoms with Crippen LogP contribution in [0.2, 0.25) is 0 Å². The molecular weight excluding hydrogens is 230 g/mol. The summed E-state index contributed by atoms with van der Waals surface area (Å²) >= 11 is 0. The van der Waals surface area contributed by atoms with E-state index in [9.17, 15) is 9.90 Å². The van der Waals surface area contributed by atoms with Crippen molar-refractivity contribution in [1.29, 1.82) is 0 Å². The monoisotopic (exact) mass is 247 g/mol. The van der Waals surface area contributed by atoms with Crippen LogP contribution in [0, 0.1) is 6.92 Å². The van der Waals surface area contributed by atoms with E-state index >= 15 is 0 Å². The Morgan fingerprint density at radius 3 is 2.44 bits per heavy atom. The number of hydrogen-bond acceptors (Lipinski definition) is 3. The number of aromatic nitrogens is 3. The van der Waals surface area contributed by atoms with Crippen LogP contribution in [0.4, 0.5) is 0 Å². The number of benzene rings is 1. The fraction of sp³-hybridized carbons (Fsp3) is 0.385. The van der Waals surface area contributed by atoms with Crippen LogP contribution in [0.1, 0.15) is 19.4 Å². The fourth-order valence-electron chi connectivity index (χ4n) is 1.69. The smallest absolute Gasteiger partial charge is 0.350 e. The number of rotatable bonds is 3. The lowest BCUT2D eigenvalue weighted by molar-refractivity contribution is 0.0564. The number of nitrogens with zero attached hydrogens (tertiary/aromatic N) is 3. The SMILES string of the molecule is Cc1ccc(-n2cnn(CC(C)(C)O)c2=O)cc1. The molecule has 2 rings (SSSR count). The maximum atomic E-state index is 12.1. The van der Waals surface area contributed by atoms with Crippen LogP contribution in [0.25, 0.3) is 5.69 Å². The third-order valence-electron chi connectivity index (χ3n) is 2.58. The highest BCUT2D eigenvalue weighted by atomic mass is 16.3. The van der Waals surface area contributed by atoms with Gasteiger partial charge >= 0.3 is 5.69 Å².